The Morgan fingerprint density at radius 3 is 0.950 bits per heavy atom. The van der Waals surface area contributed by atoms with Gasteiger partial charge in [-0.25, -0.2) is 9.97 Å². The zero-order chi connectivity index (χ0) is 41.7. The maximum atomic E-state index is 6.44. The molecule has 3 aromatic heterocycles. The Labute approximate surface area is 345 Å². The molecule has 2 aliphatic heterocycles. The monoisotopic (exact) mass is 794 g/mol. The highest BCUT2D eigenvalue weighted by Crippen LogP contribution is 2.46. The Morgan fingerprint density at radius 2 is 0.650 bits per heavy atom. The molecule has 4 aromatic carbocycles. The molecule has 0 atom stereocenters. The first-order chi connectivity index (χ1) is 29.2. The molecule has 298 valence electrons. The molecule has 10 N–H and O–H groups in total. The SMILES string of the molecule is COc1cccc(OC)c1-c1c2nc(c(-c3cc(N)cc(N)c3)c3ccc([nH]3)c(-c3c(OC)cccc3OC)c3nc(c(-c4cc(N)cc(N)c4)c4ccc1[nH]4)C=C3)C=C2. The van der Waals surface area contributed by atoms with Gasteiger partial charge >= 0.3 is 0 Å². The van der Waals surface area contributed by atoms with Crippen LogP contribution < -0.4 is 41.9 Å². The minimum Gasteiger partial charge on any atom is -0.496 e. The van der Waals surface area contributed by atoms with E-state index < -0.39 is 0 Å². The summed E-state index contributed by atoms with van der Waals surface area (Å²) in [5.41, 5.74) is 39.5. The topological polar surface area (TPSA) is 198 Å². The van der Waals surface area contributed by atoms with Crippen molar-refractivity contribution >= 4 is 69.1 Å². The van der Waals surface area contributed by atoms with Gasteiger partial charge in [-0.3, -0.25) is 0 Å². The van der Waals surface area contributed by atoms with Crippen LogP contribution >= 0.6 is 0 Å². The highest BCUT2D eigenvalue weighted by molar-refractivity contribution is 6.02. The number of aromatic amines is 2. The predicted molar refractivity (Wildman–Crippen MR) is 244 cm³/mol. The number of ether oxygens (including phenoxy) is 4. The van der Waals surface area contributed by atoms with Gasteiger partial charge in [0.05, 0.1) is 62.3 Å². The van der Waals surface area contributed by atoms with Crippen LogP contribution in [0.5, 0.6) is 23.0 Å². The second-order valence-electron chi connectivity index (χ2n) is 14.4. The molecular formula is C48H42N8O4. The second kappa shape index (κ2) is 15.0. The summed E-state index contributed by atoms with van der Waals surface area (Å²) in [7, 11) is 6.55. The number of nitrogens with zero attached hydrogens (tertiary/aromatic N) is 2. The van der Waals surface area contributed by atoms with E-state index in [1.165, 1.54) is 0 Å². The molecule has 12 heteroatoms. The minimum absolute atomic E-state index is 0.515. The number of methoxy groups -OCH3 is 4. The molecule has 2 aliphatic rings. The third-order valence-electron chi connectivity index (χ3n) is 10.6. The van der Waals surface area contributed by atoms with E-state index in [0.29, 0.717) is 79.7 Å². The van der Waals surface area contributed by atoms with Crippen molar-refractivity contribution in [1.82, 2.24) is 19.9 Å². The van der Waals surface area contributed by atoms with E-state index in [2.05, 4.69) is 9.97 Å². The Balaban J connectivity index is 1.53. The molecule has 0 saturated carbocycles. The van der Waals surface area contributed by atoms with E-state index in [4.69, 9.17) is 51.9 Å². The summed E-state index contributed by atoms with van der Waals surface area (Å²) >= 11 is 0. The molecule has 0 unspecified atom stereocenters. The highest BCUT2D eigenvalue weighted by Gasteiger charge is 2.24. The predicted octanol–water partition coefficient (Wildman–Crippen LogP) is 9.69. The molecule has 60 heavy (non-hydrogen) atoms. The summed E-state index contributed by atoms with van der Waals surface area (Å²) < 4.78 is 23.9. The molecule has 0 aliphatic carbocycles. The van der Waals surface area contributed by atoms with Crippen molar-refractivity contribution in [1.29, 1.82) is 0 Å². The van der Waals surface area contributed by atoms with Crippen molar-refractivity contribution in [3.05, 3.63) is 120 Å². The molecule has 0 saturated heterocycles. The number of nitrogen functional groups attached to an aromatic ring is 4. The molecule has 0 spiro atoms. The lowest BCUT2D eigenvalue weighted by atomic mass is 10.0. The van der Waals surface area contributed by atoms with Gasteiger partial charge in [-0.15, -0.1) is 0 Å². The molecule has 8 bridgehead atoms. The van der Waals surface area contributed by atoms with Gasteiger partial charge in [0.15, 0.2) is 0 Å². The first-order valence-corrected chi connectivity index (χ1v) is 19.1. The second-order valence-corrected chi connectivity index (χ2v) is 14.4. The van der Waals surface area contributed by atoms with Crippen molar-refractivity contribution in [2.75, 3.05) is 51.4 Å². The van der Waals surface area contributed by atoms with Crippen LogP contribution in [0.4, 0.5) is 22.7 Å². The number of anilines is 4. The lowest BCUT2D eigenvalue weighted by Gasteiger charge is -2.14. The van der Waals surface area contributed by atoms with E-state index in [1.807, 2.05) is 109 Å². The first-order valence-electron chi connectivity index (χ1n) is 19.1. The molecule has 0 fully saturated rings. The summed E-state index contributed by atoms with van der Waals surface area (Å²) in [6.07, 6.45) is 7.94. The van der Waals surface area contributed by atoms with Crippen molar-refractivity contribution in [2.45, 2.75) is 0 Å². The number of H-pyrrole nitrogens is 2. The van der Waals surface area contributed by atoms with Crippen molar-refractivity contribution in [2.24, 2.45) is 0 Å². The number of benzene rings is 4. The number of nitrogens with two attached hydrogens (primary N) is 4. The lowest BCUT2D eigenvalue weighted by Crippen LogP contribution is -1.96. The van der Waals surface area contributed by atoms with Gasteiger partial charge in [0, 0.05) is 67.1 Å². The van der Waals surface area contributed by atoms with Crippen LogP contribution in [-0.4, -0.2) is 48.4 Å². The van der Waals surface area contributed by atoms with Crippen LogP contribution in [0.2, 0.25) is 0 Å². The smallest absolute Gasteiger partial charge is 0.130 e. The van der Waals surface area contributed by atoms with Crippen molar-refractivity contribution < 1.29 is 18.9 Å². The maximum Gasteiger partial charge on any atom is 0.130 e. The van der Waals surface area contributed by atoms with Gasteiger partial charge in [0.25, 0.3) is 0 Å². The van der Waals surface area contributed by atoms with Crippen molar-refractivity contribution in [3.63, 3.8) is 0 Å². The molecule has 0 radical (unpaired) electrons. The summed E-state index contributed by atoms with van der Waals surface area (Å²) in [6, 6.07) is 30.5. The van der Waals surface area contributed by atoms with Gasteiger partial charge < -0.3 is 51.9 Å². The van der Waals surface area contributed by atoms with Gasteiger partial charge in [0.2, 0.25) is 0 Å². The Bertz CT molecular complexity index is 2810. The third kappa shape index (κ3) is 6.45. The number of nitrogens with one attached hydrogen (secondary N) is 2. The van der Waals surface area contributed by atoms with Crippen LogP contribution in [0.25, 0.3) is 90.9 Å². The molecule has 0 amide bonds. The van der Waals surface area contributed by atoms with Gasteiger partial charge in [-0.2, -0.15) is 0 Å². The zero-order valence-corrected chi connectivity index (χ0v) is 33.4. The summed E-state index contributed by atoms with van der Waals surface area (Å²) in [5.74, 6) is 2.41. The van der Waals surface area contributed by atoms with Crippen LogP contribution in [0.3, 0.4) is 0 Å². The van der Waals surface area contributed by atoms with Crippen LogP contribution in [0, 0.1) is 0 Å². The summed E-state index contributed by atoms with van der Waals surface area (Å²) in [4.78, 5) is 18.2. The first kappa shape index (κ1) is 37.5. The molecule has 5 heterocycles. The average molecular weight is 795 g/mol. The fourth-order valence-corrected chi connectivity index (χ4v) is 8.18. The largest absolute Gasteiger partial charge is 0.496 e. The van der Waals surface area contributed by atoms with Crippen LogP contribution in [0.15, 0.2) is 97.1 Å². The zero-order valence-electron chi connectivity index (χ0n) is 33.4. The average Bonchev–Trinajstić information content (AvgIpc) is 4.08. The number of hydrogen-bond acceptors (Lipinski definition) is 10. The van der Waals surface area contributed by atoms with E-state index in [1.54, 1.807) is 40.6 Å². The van der Waals surface area contributed by atoms with E-state index in [-0.39, 0.29) is 0 Å². The van der Waals surface area contributed by atoms with Gasteiger partial charge in [-0.05, 0) is 120 Å². The lowest BCUT2D eigenvalue weighted by molar-refractivity contribution is 0.397. The van der Waals surface area contributed by atoms with Crippen molar-refractivity contribution in [3.8, 4) is 67.5 Å². The molecule has 7 aromatic rings. The van der Waals surface area contributed by atoms with Crippen LogP contribution in [-0.2, 0) is 0 Å². The highest BCUT2D eigenvalue weighted by atomic mass is 16.5. The number of aromatic nitrogens is 4. The fourth-order valence-electron chi connectivity index (χ4n) is 8.18. The third-order valence-corrected chi connectivity index (χ3v) is 10.6. The number of rotatable bonds is 8. The van der Waals surface area contributed by atoms with Crippen LogP contribution in [0.1, 0.15) is 22.8 Å². The normalized spacial score (nSPS) is 11.8. The van der Waals surface area contributed by atoms with E-state index in [9.17, 15) is 0 Å². The molecule has 9 rings (SSSR count). The number of fused-ring (bicyclic) bond motifs is 8. The van der Waals surface area contributed by atoms with E-state index in [0.717, 1.165) is 55.4 Å². The molecule has 12 nitrogen and oxygen atoms in total. The quantitative estimate of drug-likeness (QED) is 0.0805. The standard InChI is InChI=1S/C48H42N8O4/c1-57-39-7-5-8-40(58-2)47(39)45-35-15-11-31(53-35)43(25-19-27(49)23-28(50)20-25)33-13-17-37(55-33)46(48-41(59-3)9-6-10-42(48)60-4)38-18-14-34(56-38)44(32-12-16-36(45)54-32)26-21-29(51)24-30(52)22-26/h5-24,53,56H,49-52H2,1-4H3. The Morgan fingerprint density at radius 1 is 0.367 bits per heavy atom. The Hall–Kier alpha value is -8.12. The maximum absolute atomic E-state index is 6.44. The Kier molecular flexibility index (Phi) is 9.36. The summed E-state index contributed by atoms with van der Waals surface area (Å²) in [5, 5.41) is 0. The van der Waals surface area contributed by atoms with Gasteiger partial charge in [0.1, 0.15) is 23.0 Å². The summed E-state index contributed by atoms with van der Waals surface area (Å²) in [6.45, 7) is 0. The molecular weight excluding hydrogens is 753 g/mol. The number of hydrogen-bond donors (Lipinski definition) is 6. The van der Waals surface area contributed by atoms with Gasteiger partial charge in [-0.1, -0.05) is 12.1 Å². The minimum atomic E-state index is 0.515. The fraction of sp³-hybridized carbons (Fsp3) is 0.0833. The van der Waals surface area contributed by atoms with E-state index >= 15 is 0 Å².